The molecule has 87 valence electrons. The van der Waals surface area contributed by atoms with Gasteiger partial charge < -0.3 is 5.32 Å². The molecular formula is C15H15FN. The molecule has 2 heteroatoms. The van der Waals surface area contributed by atoms with Crippen LogP contribution in [0.4, 0.5) is 10.1 Å². The molecule has 0 aliphatic heterocycles. The van der Waals surface area contributed by atoms with Gasteiger partial charge in [0.05, 0.1) is 0 Å². The minimum atomic E-state index is -0.177. The van der Waals surface area contributed by atoms with Crippen molar-refractivity contribution in [1.29, 1.82) is 0 Å². The summed E-state index contributed by atoms with van der Waals surface area (Å²) in [5, 5.41) is 3.29. The third kappa shape index (κ3) is 3.59. The summed E-state index contributed by atoms with van der Waals surface area (Å²) in [7, 11) is 0. The highest BCUT2D eigenvalue weighted by Crippen LogP contribution is 2.09. The summed E-state index contributed by atoms with van der Waals surface area (Å²) in [6, 6.07) is 14.6. The topological polar surface area (TPSA) is 12.0 Å². The van der Waals surface area contributed by atoms with E-state index in [4.69, 9.17) is 0 Å². The Morgan fingerprint density at radius 2 is 1.82 bits per heavy atom. The summed E-state index contributed by atoms with van der Waals surface area (Å²) >= 11 is 0. The van der Waals surface area contributed by atoms with E-state index in [-0.39, 0.29) is 5.82 Å². The maximum absolute atomic E-state index is 12.9. The van der Waals surface area contributed by atoms with Crippen molar-refractivity contribution in [2.24, 2.45) is 0 Å². The number of anilines is 1. The molecule has 0 aliphatic carbocycles. The summed E-state index contributed by atoms with van der Waals surface area (Å²) in [4.78, 5) is 0. The minimum Gasteiger partial charge on any atom is -0.385 e. The average Bonchev–Trinajstić information content (AvgIpc) is 2.32. The van der Waals surface area contributed by atoms with Gasteiger partial charge in [0.1, 0.15) is 5.82 Å². The second-order valence-electron chi connectivity index (χ2n) is 4.00. The van der Waals surface area contributed by atoms with Crippen molar-refractivity contribution in [3.63, 3.8) is 0 Å². The zero-order valence-corrected chi connectivity index (χ0v) is 9.62. The molecule has 0 spiro atoms. The highest BCUT2D eigenvalue weighted by atomic mass is 19.1. The Morgan fingerprint density at radius 1 is 1.06 bits per heavy atom. The molecule has 2 rings (SSSR count). The van der Waals surface area contributed by atoms with Crippen LogP contribution >= 0.6 is 0 Å². The highest BCUT2D eigenvalue weighted by Gasteiger charge is 1.96. The second kappa shape index (κ2) is 5.48. The lowest BCUT2D eigenvalue weighted by molar-refractivity contribution is 0.625. The first kappa shape index (κ1) is 11.6. The standard InChI is InChI=1S/C15H15FN/c1-12-5-7-15(8-6-12)17-10-9-13-3-2-4-14(16)11-13/h2-8,11,17H,1,9-10H2. The van der Waals surface area contributed by atoms with E-state index in [0.29, 0.717) is 0 Å². The third-order valence-electron chi connectivity index (χ3n) is 2.59. The van der Waals surface area contributed by atoms with E-state index in [1.807, 2.05) is 30.3 Å². The van der Waals surface area contributed by atoms with Crippen molar-refractivity contribution in [1.82, 2.24) is 0 Å². The molecule has 0 bridgehead atoms. The van der Waals surface area contributed by atoms with Gasteiger partial charge in [-0.15, -0.1) is 0 Å². The Kier molecular flexibility index (Phi) is 3.76. The molecule has 0 amide bonds. The van der Waals surface area contributed by atoms with Gasteiger partial charge in [-0.1, -0.05) is 24.3 Å². The van der Waals surface area contributed by atoms with Crippen molar-refractivity contribution >= 4 is 5.69 Å². The van der Waals surface area contributed by atoms with E-state index in [0.717, 1.165) is 29.8 Å². The van der Waals surface area contributed by atoms with Crippen LogP contribution in [0.5, 0.6) is 0 Å². The predicted octanol–water partition coefficient (Wildman–Crippen LogP) is 3.66. The van der Waals surface area contributed by atoms with Crippen LogP contribution in [0.2, 0.25) is 0 Å². The zero-order chi connectivity index (χ0) is 12.1. The fourth-order valence-corrected chi connectivity index (χ4v) is 1.67. The van der Waals surface area contributed by atoms with Gasteiger partial charge in [0, 0.05) is 12.2 Å². The van der Waals surface area contributed by atoms with Gasteiger partial charge in [-0.3, -0.25) is 0 Å². The predicted molar refractivity (Wildman–Crippen MR) is 69.5 cm³/mol. The normalized spacial score (nSPS) is 10.2. The first-order valence-corrected chi connectivity index (χ1v) is 5.64. The van der Waals surface area contributed by atoms with E-state index < -0.39 is 0 Å². The number of rotatable bonds is 4. The Balaban J connectivity index is 1.85. The molecule has 0 saturated carbocycles. The average molecular weight is 228 g/mol. The molecule has 2 aromatic rings. The van der Waals surface area contributed by atoms with E-state index in [2.05, 4.69) is 12.2 Å². The smallest absolute Gasteiger partial charge is 0.123 e. The minimum absolute atomic E-state index is 0.177. The first-order valence-electron chi connectivity index (χ1n) is 5.64. The highest BCUT2D eigenvalue weighted by molar-refractivity contribution is 5.45. The summed E-state index contributed by atoms with van der Waals surface area (Å²) in [5.41, 5.74) is 3.07. The molecule has 0 atom stereocenters. The number of hydrogen-bond acceptors (Lipinski definition) is 1. The lowest BCUT2D eigenvalue weighted by Gasteiger charge is -2.06. The molecule has 0 fully saturated rings. The van der Waals surface area contributed by atoms with Crippen LogP contribution in [0.3, 0.4) is 0 Å². The Morgan fingerprint density at radius 3 is 2.53 bits per heavy atom. The van der Waals surface area contributed by atoms with E-state index in [1.165, 1.54) is 6.07 Å². The molecule has 2 aromatic carbocycles. The summed E-state index contributed by atoms with van der Waals surface area (Å²) in [5.74, 6) is -0.177. The molecule has 1 N–H and O–H groups in total. The number of halogens is 1. The van der Waals surface area contributed by atoms with Crippen LogP contribution in [0.15, 0.2) is 48.5 Å². The van der Waals surface area contributed by atoms with Gasteiger partial charge in [0.15, 0.2) is 0 Å². The Labute approximate surface area is 101 Å². The summed E-state index contributed by atoms with van der Waals surface area (Å²) < 4.78 is 12.9. The van der Waals surface area contributed by atoms with Gasteiger partial charge >= 0.3 is 0 Å². The molecule has 0 saturated heterocycles. The molecule has 0 heterocycles. The van der Waals surface area contributed by atoms with Gasteiger partial charge in [-0.05, 0) is 48.7 Å². The molecule has 0 aliphatic rings. The lowest BCUT2D eigenvalue weighted by Crippen LogP contribution is -2.04. The Hall–Kier alpha value is -1.83. The maximum atomic E-state index is 12.9. The molecule has 1 nitrogen and oxygen atoms in total. The van der Waals surface area contributed by atoms with Gasteiger partial charge in [0.2, 0.25) is 0 Å². The third-order valence-corrected chi connectivity index (χ3v) is 2.59. The van der Waals surface area contributed by atoms with E-state index >= 15 is 0 Å². The van der Waals surface area contributed by atoms with Crippen molar-refractivity contribution in [3.05, 3.63) is 72.4 Å². The van der Waals surface area contributed by atoms with Crippen LogP contribution in [-0.2, 0) is 6.42 Å². The second-order valence-corrected chi connectivity index (χ2v) is 4.00. The summed E-state index contributed by atoms with van der Waals surface area (Å²) in [6.07, 6.45) is 0.809. The van der Waals surface area contributed by atoms with E-state index in [9.17, 15) is 4.39 Å². The molecule has 17 heavy (non-hydrogen) atoms. The number of benzene rings is 2. The van der Waals surface area contributed by atoms with Crippen molar-refractivity contribution in [2.75, 3.05) is 11.9 Å². The molecular weight excluding hydrogens is 213 g/mol. The quantitative estimate of drug-likeness (QED) is 0.842. The monoisotopic (exact) mass is 228 g/mol. The van der Waals surface area contributed by atoms with Gasteiger partial charge in [-0.2, -0.15) is 0 Å². The molecule has 1 radical (unpaired) electrons. The maximum Gasteiger partial charge on any atom is 0.123 e. The van der Waals surface area contributed by atoms with Crippen LogP contribution in [0, 0.1) is 12.7 Å². The lowest BCUT2D eigenvalue weighted by atomic mass is 10.1. The summed E-state index contributed by atoms with van der Waals surface area (Å²) in [6.45, 7) is 4.62. The van der Waals surface area contributed by atoms with Crippen molar-refractivity contribution in [2.45, 2.75) is 6.42 Å². The number of hydrogen-bond donors (Lipinski definition) is 1. The van der Waals surface area contributed by atoms with Crippen molar-refractivity contribution < 1.29 is 4.39 Å². The van der Waals surface area contributed by atoms with Crippen LogP contribution in [0.25, 0.3) is 0 Å². The number of nitrogens with one attached hydrogen (secondary N) is 1. The van der Waals surface area contributed by atoms with Gasteiger partial charge in [0.25, 0.3) is 0 Å². The molecule has 0 unspecified atom stereocenters. The largest absolute Gasteiger partial charge is 0.385 e. The fourth-order valence-electron chi connectivity index (χ4n) is 1.67. The van der Waals surface area contributed by atoms with Crippen LogP contribution < -0.4 is 5.32 Å². The fraction of sp³-hybridized carbons (Fsp3) is 0.133. The molecule has 0 aromatic heterocycles. The SMILES string of the molecule is [CH2]c1ccc(NCCc2cccc(F)c2)cc1. The van der Waals surface area contributed by atoms with Gasteiger partial charge in [-0.25, -0.2) is 4.39 Å². The Bertz CT molecular complexity index is 477. The first-order chi connectivity index (χ1) is 8.24. The van der Waals surface area contributed by atoms with E-state index in [1.54, 1.807) is 12.1 Å². The van der Waals surface area contributed by atoms with Crippen LogP contribution in [-0.4, -0.2) is 6.54 Å². The van der Waals surface area contributed by atoms with Crippen molar-refractivity contribution in [3.8, 4) is 0 Å². The van der Waals surface area contributed by atoms with Crippen LogP contribution in [0.1, 0.15) is 11.1 Å². The zero-order valence-electron chi connectivity index (χ0n) is 9.62.